The number of ketones is 1. The molecule has 0 aliphatic carbocycles. The van der Waals surface area contributed by atoms with Gasteiger partial charge >= 0.3 is 0 Å². The molecule has 0 aromatic carbocycles. The van der Waals surface area contributed by atoms with Crippen LogP contribution in [-0.4, -0.2) is 17.4 Å². The predicted molar refractivity (Wildman–Crippen MR) is 46.6 cm³/mol. The van der Waals surface area contributed by atoms with Gasteiger partial charge in [0.05, 0.1) is 0 Å². The van der Waals surface area contributed by atoms with Crippen molar-refractivity contribution in [1.29, 1.82) is 0 Å². The van der Waals surface area contributed by atoms with Crippen LogP contribution in [0.3, 0.4) is 0 Å². The third-order valence-corrected chi connectivity index (χ3v) is 1.86. The van der Waals surface area contributed by atoms with Crippen LogP contribution in [-0.2, 0) is 9.59 Å². The molecule has 0 aliphatic heterocycles. The Morgan fingerprint density at radius 2 is 2.17 bits per heavy atom. The van der Waals surface area contributed by atoms with Crippen molar-refractivity contribution < 1.29 is 9.59 Å². The van der Waals surface area contributed by atoms with Crippen molar-refractivity contribution in [2.75, 3.05) is 0 Å². The van der Waals surface area contributed by atoms with Gasteiger partial charge in [0.1, 0.15) is 5.54 Å². The zero-order chi connectivity index (χ0) is 9.78. The maximum atomic E-state index is 11.4. The molecule has 0 amide bonds. The Bertz CT molecular complexity index is 251. The molecule has 0 aromatic heterocycles. The minimum Gasteiger partial charge on any atom is -0.292 e. The van der Waals surface area contributed by atoms with E-state index in [0.29, 0.717) is 12.0 Å². The lowest BCUT2D eigenvalue weighted by Gasteiger charge is -2.19. The fourth-order valence-corrected chi connectivity index (χ4v) is 0.851. The van der Waals surface area contributed by atoms with E-state index in [4.69, 9.17) is 0 Å². The van der Waals surface area contributed by atoms with Crippen molar-refractivity contribution >= 4 is 11.9 Å². The van der Waals surface area contributed by atoms with Gasteiger partial charge in [0.25, 0.3) is 0 Å². The molecule has 0 rings (SSSR count). The van der Waals surface area contributed by atoms with Crippen LogP contribution in [0.4, 0.5) is 0 Å². The summed E-state index contributed by atoms with van der Waals surface area (Å²) in [7, 11) is 0. The minimum atomic E-state index is -0.965. The molecule has 0 spiro atoms. The van der Waals surface area contributed by atoms with Crippen molar-refractivity contribution in [2.45, 2.75) is 32.7 Å². The number of aliphatic imine (C=N–C) groups is 1. The normalized spacial score (nSPS) is 14.2. The van der Waals surface area contributed by atoms with E-state index in [1.54, 1.807) is 20.8 Å². The number of rotatable bonds is 4. The molecule has 0 saturated carbocycles. The van der Waals surface area contributed by atoms with Crippen LogP contribution in [0.1, 0.15) is 27.2 Å². The standard InChI is InChI=1S/C9H13NO2/c1-5-9(4,10-6-11)8(12)7(2)3/h2,5H2,1,3-4H3. The van der Waals surface area contributed by atoms with Gasteiger partial charge in [0.15, 0.2) is 5.78 Å². The first kappa shape index (κ1) is 10.8. The zero-order valence-corrected chi connectivity index (χ0v) is 7.68. The Morgan fingerprint density at radius 1 is 1.67 bits per heavy atom. The third-order valence-electron chi connectivity index (χ3n) is 1.86. The molecule has 0 aliphatic rings. The largest absolute Gasteiger partial charge is 0.292 e. The fraction of sp³-hybridized carbons (Fsp3) is 0.556. The van der Waals surface area contributed by atoms with Gasteiger partial charge in [-0.05, 0) is 25.8 Å². The lowest BCUT2D eigenvalue weighted by molar-refractivity contribution is -0.119. The van der Waals surface area contributed by atoms with Crippen molar-refractivity contribution in [2.24, 2.45) is 4.99 Å². The Hall–Kier alpha value is -1.21. The van der Waals surface area contributed by atoms with Crippen LogP contribution < -0.4 is 0 Å². The van der Waals surface area contributed by atoms with Gasteiger partial charge in [0, 0.05) is 0 Å². The van der Waals surface area contributed by atoms with Crippen LogP contribution in [0.15, 0.2) is 17.1 Å². The SMILES string of the molecule is C=C(C)C(=O)C(C)(CC)N=C=O. The lowest BCUT2D eigenvalue weighted by Crippen LogP contribution is -2.32. The van der Waals surface area contributed by atoms with Crippen LogP contribution in [0.25, 0.3) is 0 Å². The van der Waals surface area contributed by atoms with Crippen molar-refractivity contribution in [3.8, 4) is 0 Å². The summed E-state index contributed by atoms with van der Waals surface area (Å²) >= 11 is 0. The molecule has 0 N–H and O–H groups in total. The topological polar surface area (TPSA) is 46.5 Å². The molecular weight excluding hydrogens is 154 g/mol. The second-order valence-corrected chi connectivity index (χ2v) is 2.94. The van der Waals surface area contributed by atoms with Crippen LogP contribution in [0.2, 0.25) is 0 Å². The molecule has 0 heterocycles. The maximum Gasteiger partial charge on any atom is 0.235 e. The number of Topliss-reactive ketones (excluding diaryl/α,β-unsaturated/α-hetero) is 1. The second kappa shape index (κ2) is 3.98. The Balaban J connectivity index is 4.87. The number of hydrogen-bond acceptors (Lipinski definition) is 3. The molecule has 0 aromatic rings. The number of carbonyl (C=O) groups excluding carboxylic acids is 2. The summed E-state index contributed by atoms with van der Waals surface area (Å²) in [6.07, 6.45) is 1.89. The van der Waals surface area contributed by atoms with E-state index < -0.39 is 5.54 Å². The average molecular weight is 167 g/mol. The smallest absolute Gasteiger partial charge is 0.235 e. The summed E-state index contributed by atoms with van der Waals surface area (Å²) < 4.78 is 0. The van der Waals surface area contributed by atoms with E-state index in [1.165, 1.54) is 6.08 Å². The first-order valence-corrected chi connectivity index (χ1v) is 3.77. The van der Waals surface area contributed by atoms with E-state index in [0.717, 1.165) is 0 Å². The molecule has 3 heteroatoms. The molecule has 1 unspecified atom stereocenters. The Morgan fingerprint density at radius 3 is 2.42 bits per heavy atom. The highest BCUT2D eigenvalue weighted by Crippen LogP contribution is 2.19. The highest BCUT2D eigenvalue weighted by atomic mass is 16.1. The monoisotopic (exact) mass is 167 g/mol. The predicted octanol–water partition coefficient (Wildman–Crippen LogP) is 1.64. The van der Waals surface area contributed by atoms with E-state index in [1.807, 2.05) is 0 Å². The van der Waals surface area contributed by atoms with Crippen molar-refractivity contribution in [1.82, 2.24) is 0 Å². The van der Waals surface area contributed by atoms with Crippen LogP contribution >= 0.6 is 0 Å². The summed E-state index contributed by atoms with van der Waals surface area (Å²) in [6.45, 7) is 8.52. The summed E-state index contributed by atoms with van der Waals surface area (Å²) in [5, 5.41) is 0. The van der Waals surface area contributed by atoms with Crippen molar-refractivity contribution in [3.05, 3.63) is 12.2 Å². The van der Waals surface area contributed by atoms with Gasteiger partial charge in [-0.25, -0.2) is 4.79 Å². The van der Waals surface area contributed by atoms with Gasteiger partial charge < -0.3 is 0 Å². The van der Waals surface area contributed by atoms with E-state index in [9.17, 15) is 9.59 Å². The number of nitrogens with zero attached hydrogens (tertiary/aromatic N) is 1. The molecule has 1 atom stereocenters. The number of carbonyl (C=O) groups is 1. The molecular formula is C9H13NO2. The summed E-state index contributed by atoms with van der Waals surface area (Å²) in [5.74, 6) is -0.201. The molecule has 12 heavy (non-hydrogen) atoms. The molecule has 0 radical (unpaired) electrons. The first-order valence-electron chi connectivity index (χ1n) is 3.77. The molecule has 0 bridgehead atoms. The van der Waals surface area contributed by atoms with E-state index in [-0.39, 0.29) is 5.78 Å². The third kappa shape index (κ3) is 2.14. The first-order chi connectivity index (χ1) is 5.48. The van der Waals surface area contributed by atoms with Gasteiger partial charge in [0.2, 0.25) is 6.08 Å². The molecule has 66 valence electrons. The zero-order valence-electron chi connectivity index (χ0n) is 7.68. The number of hydrogen-bond donors (Lipinski definition) is 0. The van der Waals surface area contributed by atoms with Gasteiger partial charge in [-0.2, -0.15) is 4.99 Å². The average Bonchev–Trinajstić information content (AvgIpc) is 2.03. The van der Waals surface area contributed by atoms with Gasteiger partial charge in [-0.15, -0.1) is 0 Å². The Kier molecular flexibility index (Phi) is 3.58. The van der Waals surface area contributed by atoms with Crippen molar-refractivity contribution in [3.63, 3.8) is 0 Å². The fourth-order valence-electron chi connectivity index (χ4n) is 0.851. The number of isocyanates is 1. The summed E-state index contributed by atoms with van der Waals surface area (Å²) in [4.78, 5) is 24.9. The second-order valence-electron chi connectivity index (χ2n) is 2.94. The molecule has 0 saturated heterocycles. The van der Waals surface area contributed by atoms with Crippen LogP contribution in [0.5, 0.6) is 0 Å². The molecule has 3 nitrogen and oxygen atoms in total. The van der Waals surface area contributed by atoms with Gasteiger partial charge in [-0.3, -0.25) is 4.79 Å². The Labute approximate surface area is 72.2 Å². The lowest BCUT2D eigenvalue weighted by atomic mass is 9.90. The quantitative estimate of drug-likeness (QED) is 0.363. The summed E-state index contributed by atoms with van der Waals surface area (Å²) in [5.41, 5.74) is -0.550. The van der Waals surface area contributed by atoms with E-state index >= 15 is 0 Å². The van der Waals surface area contributed by atoms with Gasteiger partial charge in [-0.1, -0.05) is 13.5 Å². The maximum absolute atomic E-state index is 11.4. The van der Waals surface area contributed by atoms with E-state index in [2.05, 4.69) is 11.6 Å². The highest BCUT2D eigenvalue weighted by Gasteiger charge is 2.30. The summed E-state index contributed by atoms with van der Waals surface area (Å²) in [6, 6.07) is 0. The minimum absolute atomic E-state index is 0.201. The highest BCUT2D eigenvalue weighted by molar-refractivity contribution is 6.01. The molecule has 0 fully saturated rings. The van der Waals surface area contributed by atoms with Crippen LogP contribution in [0, 0.1) is 0 Å².